The van der Waals surface area contributed by atoms with E-state index < -0.39 is 14.0 Å². The van der Waals surface area contributed by atoms with Crippen molar-refractivity contribution in [1.29, 1.82) is 0 Å². The first-order chi connectivity index (χ1) is 12.5. The molecule has 138 valence electrons. The second-order valence-electron chi connectivity index (χ2n) is 5.61. The maximum Gasteiger partial charge on any atom is 0.167 e. The first-order valence-corrected chi connectivity index (χ1v) is 9.55. The molecule has 0 saturated carbocycles. The lowest BCUT2D eigenvalue weighted by Crippen LogP contribution is -2.17. The molecule has 1 heterocycles. The third kappa shape index (κ3) is 3.81. The van der Waals surface area contributed by atoms with Crippen molar-refractivity contribution in [2.24, 2.45) is 5.73 Å². The molecule has 0 aliphatic rings. The molecule has 3 aromatic rings. The number of hydrogen-bond acceptors (Lipinski definition) is 3. The number of H-pyrrole nitrogens is 1. The molecule has 0 bridgehead atoms. The Kier molecular flexibility index (Phi) is 6.90. The maximum absolute atomic E-state index is 14.7. The zero-order chi connectivity index (χ0) is 19.4. The van der Waals surface area contributed by atoms with Crippen LogP contribution in [0.25, 0.3) is 10.9 Å². The van der Waals surface area contributed by atoms with Gasteiger partial charge in [-0.25, -0.2) is 4.39 Å². The number of rotatable bonds is 4. The summed E-state index contributed by atoms with van der Waals surface area (Å²) in [6.45, 7) is 3.99. The topological polar surface area (TPSA) is 68.1 Å². The minimum Gasteiger partial charge on any atom is -0.353 e. The van der Waals surface area contributed by atoms with Crippen LogP contribution in [0.5, 0.6) is 0 Å². The molecular formula is C19H21ClFN2O2P. The molecule has 1 atom stereocenters. The van der Waals surface area contributed by atoms with Crippen molar-refractivity contribution in [2.45, 2.75) is 13.8 Å². The summed E-state index contributed by atoms with van der Waals surface area (Å²) in [5, 5.41) is 1.79. The highest BCUT2D eigenvalue weighted by molar-refractivity contribution is 7.69. The molecule has 0 aliphatic heterocycles. The number of halogens is 2. The van der Waals surface area contributed by atoms with Gasteiger partial charge in [0.15, 0.2) is 12.1 Å². The Bertz CT molecular complexity index is 923. The van der Waals surface area contributed by atoms with Crippen LogP contribution in [0.3, 0.4) is 0 Å². The highest BCUT2D eigenvalue weighted by Crippen LogP contribution is 2.40. The number of carbonyl (C=O) groups is 1. The molecule has 2 aromatic carbocycles. The third-order valence-corrected chi connectivity index (χ3v) is 6.06. The molecule has 1 aromatic heterocycles. The minimum atomic E-state index is -1.36. The summed E-state index contributed by atoms with van der Waals surface area (Å²) in [6, 6.07) is 9.19. The second kappa shape index (κ2) is 8.74. The normalized spacial score (nSPS) is 11.8. The van der Waals surface area contributed by atoms with Gasteiger partial charge in [0, 0.05) is 28.6 Å². The van der Waals surface area contributed by atoms with Crippen LogP contribution in [0.1, 0.15) is 21.6 Å². The van der Waals surface area contributed by atoms with Crippen LogP contribution in [0.15, 0.2) is 30.3 Å². The number of nitrogens with one attached hydrogen (secondary N) is 1. The summed E-state index contributed by atoms with van der Waals surface area (Å²) in [7, 11) is 1.71. The largest absolute Gasteiger partial charge is 0.353 e. The van der Waals surface area contributed by atoms with Gasteiger partial charge >= 0.3 is 0 Å². The first kappa shape index (κ1) is 20.5. The average Bonchev–Trinajstić information content (AvgIpc) is 2.99. The SMILES string of the molecule is CN.COP(c1cc(C)cc(C)c1)c1c(C=O)[nH]c2ccc(Cl)c(F)c12. The van der Waals surface area contributed by atoms with E-state index in [4.69, 9.17) is 16.1 Å². The van der Waals surface area contributed by atoms with Crippen molar-refractivity contribution >= 4 is 47.5 Å². The van der Waals surface area contributed by atoms with Gasteiger partial charge in [0.1, 0.15) is 0 Å². The van der Waals surface area contributed by atoms with E-state index in [2.05, 4.69) is 16.8 Å². The van der Waals surface area contributed by atoms with Gasteiger partial charge in [-0.3, -0.25) is 4.79 Å². The summed E-state index contributed by atoms with van der Waals surface area (Å²) in [6.07, 6.45) is 0.694. The Labute approximate surface area is 158 Å². The van der Waals surface area contributed by atoms with E-state index in [0.717, 1.165) is 16.4 Å². The van der Waals surface area contributed by atoms with Crippen LogP contribution >= 0.6 is 19.7 Å². The predicted octanol–water partition coefficient (Wildman–Crippen LogP) is 3.96. The molecule has 0 amide bonds. The molecule has 0 aliphatic carbocycles. The van der Waals surface area contributed by atoms with Gasteiger partial charge < -0.3 is 15.2 Å². The van der Waals surface area contributed by atoms with Gasteiger partial charge in [-0.2, -0.15) is 0 Å². The smallest absolute Gasteiger partial charge is 0.167 e. The van der Waals surface area contributed by atoms with E-state index in [1.165, 1.54) is 13.1 Å². The van der Waals surface area contributed by atoms with E-state index in [1.54, 1.807) is 13.2 Å². The number of aromatic amines is 1. The lowest BCUT2D eigenvalue weighted by Gasteiger charge is -2.17. The van der Waals surface area contributed by atoms with Crippen LogP contribution in [0.4, 0.5) is 4.39 Å². The summed E-state index contributed by atoms with van der Waals surface area (Å²) in [5.74, 6) is -0.539. The molecule has 7 heteroatoms. The van der Waals surface area contributed by atoms with Gasteiger partial charge in [0.2, 0.25) is 0 Å². The van der Waals surface area contributed by atoms with E-state index >= 15 is 0 Å². The molecule has 0 radical (unpaired) electrons. The maximum atomic E-state index is 14.7. The van der Waals surface area contributed by atoms with Crippen molar-refractivity contribution in [1.82, 2.24) is 4.98 Å². The predicted molar refractivity (Wildman–Crippen MR) is 108 cm³/mol. The van der Waals surface area contributed by atoms with Crippen molar-refractivity contribution in [3.63, 3.8) is 0 Å². The fourth-order valence-electron chi connectivity index (χ4n) is 2.92. The summed E-state index contributed by atoms with van der Waals surface area (Å²) in [5.41, 5.74) is 7.52. The van der Waals surface area contributed by atoms with Gasteiger partial charge in [0.25, 0.3) is 0 Å². The van der Waals surface area contributed by atoms with E-state index in [0.29, 0.717) is 28.2 Å². The number of aromatic nitrogens is 1. The van der Waals surface area contributed by atoms with Crippen LogP contribution in [0, 0.1) is 19.7 Å². The number of benzene rings is 2. The highest BCUT2D eigenvalue weighted by atomic mass is 35.5. The molecule has 0 fully saturated rings. The molecule has 0 saturated heterocycles. The molecule has 3 N–H and O–H groups in total. The molecule has 0 spiro atoms. The van der Waals surface area contributed by atoms with Crippen molar-refractivity contribution < 1.29 is 13.7 Å². The molecule has 4 nitrogen and oxygen atoms in total. The Morgan fingerprint density at radius 2 is 1.81 bits per heavy atom. The lowest BCUT2D eigenvalue weighted by atomic mass is 10.2. The molecule has 26 heavy (non-hydrogen) atoms. The standard InChI is InChI=1S/C18H16ClFNO2P.CH5N/c1-10-6-11(2)8-12(7-10)24(23-3)18-15(9-22)21-14-5-4-13(19)17(20)16(14)18;1-2/h4-9,21H,1-3H3;2H2,1H3. The summed E-state index contributed by atoms with van der Waals surface area (Å²) < 4.78 is 20.4. The summed E-state index contributed by atoms with van der Waals surface area (Å²) in [4.78, 5) is 14.5. The number of nitrogens with two attached hydrogens (primary N) is 1. The fourth-order valence-corrected chi connectivity index (χ4v) is 5.12. The summed E-state index contributed by atoms with van der Waals surface area (Å²) >= 11 is 5.95. The number of aldehydes is 1. The molecular weight excluding hydrogens is 374 g/mol. The van der Waals surface area contributed by atoms with Crippen LogP contribution in [-0.2, 0) is 4.52 Å². The zero-order valence-corrected chi connectivity index (χ0v) is 16.7. The molecule has 3 rings (SSSR count). The number of hydrogen-bond donors (Lipinski definition) is 2. The number of carbonyl (C=O) groups excluding carboxylic acids is 1. The van der Waals surface area contributed by atoms with Crippen LogP contribution < -0.4 is 16.3 Å². The van der Waals surface area contributed by atoms with E-state index in [1.807, 2.05) is 26.0 Å². The Hall–Kier alpha value is -1.78. The quantitative estimate of drug-likeness (QED) is 0.520. The van der Waals surface area contributed by atoms with E-state index in [-0.39, 0.29) is 5.02 Å². The third-order valence-electron chi connectivity index (χ3n) is 3.80. The average molecular weight is 395 g/mol. The van der Waals surface area contributed by atoms with Crippen molar-refractivity contribution in [3.05, 3.63) is 58.0 Å². The van der Waals surface area contributed by atoms with E-state index in [9.17, 15) is 9.18 Å². The fraction of sp³-hybridized carbons (Fsp3) is 0.211. The highest BCUT2D eigenvalue weighted by Gasteiger charge is 2.26. The van der Waals surface area contributed by atoms with Crippen LogP contribution in [0.2, 0.25) is 5.02 Å². The first-order valence-electron chi connectivity index (χ1n) is 7.91. The minimum absolute atomic E-state index is 0.0201. The van der Waals surface area contributed by atoms with Crippen molar-refractivity contribution in [2.75, 3.05) is 14.2 Å². The Balaban J connectivity index is 0.00000117. The second-order valence-corrected chi connectivity index (χ2v) is 7.94. The number of aryl methyl sites for hydroxylation is 2. The zero-order valence-electron chi connectivity index (χ0n) is 15.1. The monoisotopic (exact) mass is 394 g/mol. The van der Waals surface area contributed by atoms with Crippen LogP contribution in [-0.4, -0.2) is 25.4 Å². The van der Waals surface area contributed by atoms with Crippen molar-refractivity contribution in [3.8, 4) is 0 Å². The number of fused-ring (bicyclic) bond motifs is 1. The Morgan fingerprint density at radius 1 is 1.19 bits per heavy atom. The van der Waals surface area contributed by atoms with Gasteiger partial charge in [-0.1, -0.05) is 28.8 Å². The van der Waals surface area contributed by atoms with Gasteiger partial charge in [-0.15, -0.1) is 0 Å². The molecule has 1 unspecified atom stereocenters. The lowest BCUT2D eigenvalue weighted by molar-refractivity contribution is 0.112. The Morgan fingerprint density at radius 3 is 2.35 bits per heavy atom. The van der Waals surface area contributed by atoms with Gasteiger partial charge in [-0.05, 0) is 45.2 Å². The van der Waals surface area contributed by atoms with Gasteiger partial charge in [0.05, 0.1) is 18.9 Å².